The minimum Gasteiger partial charge on any atom is -0.384 e. The minimum atomic E-state index is -0.163. The highest BCUT2D eigenvalue weighted by molar-refractivity contribution is 5.89. The lowest BCUT2D eigenvalue weighted by atomic mass is 10.1. The molecule has 0 bridgehead atoms. The summed E-state index contributed by atoms with van der Waals surface area (Å²) >= 11 is 0. The monoisotopic (exact) mass is 258 g/mol. The summed E-state index contributed by atoms with van der Waals surface area (Å²) in [5, 5.41) is 11.6. The van der Waals surface area contributed by atoms with Crippen LogP contribution in [0.1, 0.15) is 24.0 Å². The van der Waals surface area contributed by atoms with Gasteiger partial charge in [-0.2, -0.15) is 0 Å². The number of likely N-dealkylation sites (tertiary alicyclic amines) is 1. The minimum absolute atomic E-state index is 0.0533. The number of benzene rings is 1. The maximum absolute atomic E-state index is 12.0. The van der Waals surface area contributed by atoms with Crippen molar-refractivity contribution in [2.75, 3.05) is 25.0 Å². The number of hydrogen-bond donors (Lipinski definition) is 2. The van der Waals surface area contributed by atoms with Crippen LogP contribution < -0.4 is 5.32 Å². The number of rotatable bonds is 1. The Bertz CT molecular complexity index is 523. The second-order valence-corrected chi connectivity index (χ2v) is 4.61. The van der Waals surface area contributed by atoms with Crippen molar-refractivity contribution in [1.29, 1.82) is 0 Å². The van der Waals surface area contributed by atoms with Crippen molar-refractivity contribution in [2.45, 2.75) is 19.8 Å². The van der Waals surface area contributed by atoms with Crippen LogP contribution in [0.15, 0.2) is 18.2 Å². The number of carbonyl (C=O) groups is 1. The number of anilines is 1. The molecule has 1 aliphatic rings. The lowest BCUT2D eigenvalue weighted by Crippen LogP contribution is -2.32. The summed E-state index contributed by atoms with van der Waals surface area (Å²) in [5.74, 6) is 5.50. The van der Waals surface area contributed by atoms with Crippen molar-refractivity contribution in [3.05, 3.63) is 29.3 Å². The van der Waals surface area contributed by atoms with E-state index in [1.54, 1.807) is 0 Å². The number of aryl methyl sites for hydroxylation is 1. The summed E-state index contributed by atoms with van der Waals surface area (Å²) in [7, 11) is 0. The molecule has 0 spiro atoms. The smallest absolute Gasteiger partial charge is 0.321 e. The van der Waals surface area contributed by atoms with E-state index in [1.165, 1.54) is 0 Å². The molecule has 0 radical (unpaired) electrons. The van der Waals surface area contributed by atoms with Gasteiger partial charge in [-0.3, -0.25) is 0 Å². The van der Waals surface area contributed by atoms with E-state index in [-0.39, 0.29) is 12.6 Å². The van der Waals surface area contributed by atoms with Crippen molar-refractivity contribution in [3.8, 4) is 11.8 Å². The van der Waals surface area contributed by atoms with Crippen LogP contribution in [0, 0.1) is 18.8 Å². The fraction of sp³-hybridized carbons (Fsp3) is 0.400. The Morgan fingerprint density at radius 2 is 2.16 bits per heavy atom. The first-order valence-corrected chi connectivity index (χ1v) is 6.47. The van der Waals surface area contributed by atoms with Gasteiger partial charge in [0.05, 0.1) is 0 Å². The van der Waals surface area contributed by atoms with E-state index in [0.29, 0.717) is 0 Å². The number of nitrogens with zero attached hydrogens (tertiary/aromatic N) is 1. The van der Waals surface area contributed by atoms with Crippen molar-refractivity contribution in [3.63, 3.8) is 0 Å². The molecule has 4 nitrogen and oxygen atoms in total. The maximum Gasteiger partial charge on any atom is 0.321 e. The predicted octanol–water partition coefficient (Wildman–Crippen LogP) is 1.97. The molecule has 0 atom stereocenters. The first-order valence-electron chi connectivity index (χ1n) is 6.47. The van der Waals surface area contributed by atoms with E-state index >= 15 is 0 Å². The van der Waals surface area contributed by atoms with Crippen LogP contribution in [0.25, 0.3) is 0 Å². The first kappa shape index (κ1) is 13.4. The van der Waals surface area contributed by atoms with Gasteiger partial charge in [-0.25, -0.2) is 4.79 Å². The number of hydrogen-bond acceptors (Lipinski definition) is 2. The molecule has 100 valence electrons. The molecular weight excluding hydrogens is 240 g/mol. The molecule has 1 aromatic carbocycles. The van der Waals surface area contributed by atoms with E-state index in [1.807, 2.05) is 30.0 Å². The second-order valence-electron chi connectivity index (χ2n) is 4.61. The van der Waals surface area contributed by atoms with Gasteiger partial charge in [-0.15, -0.1) is 0 Å². The molecule has 2 amide bonds. The van der Waals surface area contributed by atoms with Gasteiger partial charge in [0.1, 0.15) is 6.61 Å². The number of amides is 2. The van der Waals surface area contributed by atoms with Gasteiger partial charge in [0.2, 0.25) is 0 Å². The molecule has 1 heterocycles. The Morgan fingerprint density at radius 3 is 2.84 bits per heavy atom. The second kappa shape index (κ2) is 6.26. The predicted molar refractivity (Wildman–Crippen MR) is 75.0 cm³/mol. The van der Waals surface area contributed by atoms with Crippen LogP contribution in [0.5, 0.6) is 0 Å². The Balaban J connectivity index is 2.10. The molecule has 0 aliphatic carbocycles. The van der Waals surface area contributed by atoms with Crippen molar-refractivity contribution in [1.82, 2.24) is 4.90 Å². The molecule has 2 rings (SSSR count). The Hall–Kier alpha value is -1.99. The first-order chi connectivity index (χ1) is 9.20. The lowest BCUT2D eigenvalue weighted by molar-refractivity contribution is 0.222. The summed E-state index contributed by atoms with van der Waals surface area (Å²) in [5.41, 5.74) is 2.60. The topological polar surface area (TPSA) is 52.6 Å². The van der Waals surface area contributed by atoms with E-state index in [0.717, 1.165) is 42.7 Å². The maximum atomic E-state index is 12.0. The zero-order valence-electron chi connectivity index (χ0n) is 11.1. The molecule has 1 saturated heterocycles. The average Bonchev–Trinajstić information content (AvgIpc) is 2.93. The quantitative estimate of drug-likeness (QED) is 0.757. The van der Waals surface area contributed by atoms with Crippen molar-refractivity contribution in [2.24, 2.45) is 0 Å². The molecule has 1 fully saturated rings. The Morgan fingerprint density at radius 1 is 1.42 bits per heavy atom. The van der Waals surface area contributed by atoms with Crippen LogP contribution in [0.3, 0.4) is 0 Å². The molecule has 0 unspecified atom stereocenters. The molecule has 1 aromatic rings. The van der Waals surface area contributed by atoms with Crippen molar-refractivity contribution >= 4 is 11.7 Å². The van der Waals surface area contributed by atoms with Gasteiger partial charge in [0, 0.05) is 24.3 Å². The van der Waals surface area contributed by atoms with Gasteiger partial charge < -0.3 is 15.3 Å². The fourth-order valence-corrected chi connectivity index (χ4v) is 2.09. The third-order valence-corrected chi connectivity index (χ3v) is 3.18. The lowest BCUT2D eigenvalue weighted by Gasteiger charge is -2.16. The molecule has 4 heteroatoms. The van der Waals surface area contributed by atoms with Gasteiger partial charge >= 0.3 is 6.03 Å². The van der Waals surface area contributed by atoms with E-state index in [4.69, 9.17) is 5.11 Å². The highest BCUT2D eigenvalue weighted by Crippen LogP contribution is 2.16. The average molecular weight is 258 g/mol. The third kappa shape index (κ3) is 3.49. The van der Waals surface area contributed by atoms with Gasteiger partial charge in [-0.05, 0) is 37.5 Å². The SMILES string of the molecule is Cc1ccc(NC(=O)N2CCCC2)cc1C#CCO. The number of carbonyl (C=O) groups excluding carboxylic acids is 1. The van der Waals surface area contributed by atoms with E-state index in [9.17, 15) is 4.79 Å². The molecular formula is C15H18N2O2. The van der Waals surface area contributed by atoms with E-state index in [2.05, 4.69) is 17.2 Å². The van der Waals surface area contributed by atoms with Crippen molar-refractivity contribution < 1.29 is 9.90 Å². The number of nitrogens with one attached hydrogen (secondary N) is 1. The molecule has 0 saturated carbocycles. The summed E-state index contributed by atoms with van der Waals surface area (Å²) in [6.45, 7) is 3.45. The zero-order chi connectivity index (χ0) is 13.7. The normalized spacial score (nSPS) is 13.9. The zero-order valence-corrected chi connectivity index (χ0v) is 11.1. The third-order valence-electron chi connectivity index (χ3n) is 3.18. The summed E-state index contributed by atoms with van der Waals surface area (Å²) in [6.07, 6.45) is 2.16. The molecule has 19 heavy (non-hydrogen) atoms. The molecule has 0 aromatic heterocycles. The number of aliphatic hydroxyl groups excluding tert-OH is 1. The number of aliphatic hydroxyl groups is 1. The van der Waals surface area contributed by atoms with Crippen LogP contribution in [0.4, 0.5) is 10.5 Å². The van der Waals surface area contributed by atoms with Gasteiger partial charge in [0.25, 0.3) is 0 Å². The fourth-order valence-electron chi connectivity index (χ4n) is 2.09. The van der Waals surface area contributed by atoms with Crippen LogP contribution >= 0.6 is 0 Å². The Labute approximate surface area is 113 Å². The standard InChI is InChI=1S/C15H18N2O2/c1-12-6-7-14(11-13(12)5-4-10-18)16-15(19)17-8-2-3-9-17/h6-7,11,18H,2-3,8-10H2,1H3,(H,16,19). The largest absolute Gasteiger partial charge is 0.384 e. The van der Waals surface area contributed by atoms with Gasteiger partial charge in [-0.1, -0.05) is 17.9 Å². The van der Waals surface area contributed by atoms with Crippen LogP contribution in [-0.2, 0) is 0 Å². The summed E-state index contributed by atoms with van der Waals surface area (Å²) in [6, 6.07) is 5.57. The molecule has 2 N–H and O–H groups in total. The van der Waals surface area contributed by atoms with Crippen LogP contribution in [0.2, 0.25) is 0 Å². The molecule has 1 aliphatic heterocycles. The van der Waals surface area contributed by atoms with E-state index < -0.39 is 0 Å². The van der Waals surface area contributed by atoms with Gasteiger partial charge in [0.15, 0.2) is 0 Å². The number of urea groups is 1. The summed E-state index contributed by atoms with van der Waals surface area (Å²) in [4.78, 5) is 13.8. The van der Waals surface area contributed by atoms with Crippen LogP contribution in [-0.4, -0.2) is 35.7 Å². The highest BCUT2D eigenvalue weighted by Gasteiger charge is 2.17. The highest BCUT2D eigenvalue weighted by atomic mass is 16.2. The summed E-state index contributed by atoms with van der Waals surface area (Å²) < 4.78 is 0. The Kier molecular flexibility index (Phi) is 4.43.